The molecule has 1 fully saturated rings. The molecule has 0 unspecified atom stereocenters. The Kier molecular flexibility index (Phi) is 5.19. The van der Waals surface area contributed by atoms with Crippen LogP contribution in [0.5, 0.6) is 0 Å². The van der Waals surface area contributed by atoms with Gasteiger partial charge in [0.25, 0.3) is 0 Å². The summed E-state index contributed by atoms with van der Waals surface area (Å²) in [6, 6.07) is 5.25. The first-order chi connectivity index (χ1) is 13.9. The number of hydrogen-bond acceptors (Lipinski definition) is 5. The number of carbonyl (C=O) groups is 1. The number of aromatic amines is 1. The van der Waals surface area contributed by atoms with Gasteiger partial charge in [-0.05, 0) is 56.4 Å². The third-order valence-electron chi connectivity index (χ3n) is 5.45. The smallest absolute Gasteiger partial charge is 0.339 e. The number of nitrogens with zero attached hydrogens (tertiary/aromatic N) is 3. The molecular formula is C21H24FN5O2. The average Bonchev–Trinajstić information content (AvgIpc) is 3.33. The highest BCUT2D eigenvalue weighted by atomic mass is 19.1. The van der Waals surface area contributed by atoms with Crippen molar-refractivity contribution in [2.24, 2.45) is 5.73 Å². The number of hydrogen-bond donors (Lipinski definition) is 3. The molecule has 4 heterocycles. The zero-order valence-corrected chi connectivity index (χ0v) is 16.2. The molecule has 2 atom stereocenters. The minimum Gasteiger partial charge on any atom is -0.478 e. The van der Waals surface area contributed by atoms with Gasteiger partial charge in [-0.25, -0.2) is 14.2 Å². The number of fused-ring (bicyclic) bond motifs is 1. The van der Waals surface area contributed by atoms with E-state index < -0.39 is 5.97 Å². The molecule has 4 rings (SSSR count). The molecule has 0 spiro atoms. The van der Waals surface area contributed by atoms with Gasteiger partial charge in [0.15, 0.2) is 0 Å². The van der Waals surface area contributed by atoms with E-state index in [1.165, 1.54) is 12.4 Å². The second-order valence-electron chi connectivity index (χ2n) is 7.63. The molecular weight excluding hydrogens is 373 g/mol. The number of carboxylic acid groups (broad SMARTS) is 1. The van der Waals surface area contributed by atoms with E-state index in [0.717, 1.165) is 37.1 Å². The van der Waals surface area contributed by atoms with Gasteiger partial charge in [0.1, 0.15) is 22.7 Å². The van der Waals surface area contributed by atoms with Crippen LogP contribution in [0.1, 0.15) is 53.8 Å². The number of halogens is 1. The summed E-state index contributed by atoms with van der Waals surface area (Å²) in [5.41, 5.74) is 8.86. The van der Waals surface area contributed by atoms with Gasteiger partial charge in [0.05, 0.1) is 17.8 Å². The number of nitrogens with two attached hydrogens (primary N) is 1. The number of carboxylic acids is 1. The molecule has 0 aliphatic carbocycles. The average molecular weight is 397 g/mol. The molecule has 1 saturated heterocycles. The van der Waals surface area contributed by atoms with E-state index in [-0.39, 0.29) is 23.5 Å². The third-order valence-corrected chi connectivity index (χ3v) is 5.45. The predicted octanol–water partition coefficient (Wildman–Crippen LogP) is 3.42. The first-order valence-corrected chi connectivity index (χ1v) is 9.82. The molecule has 0 amide bonds. The lowest BCUT2D eigenvalue weighted by Gasteiger charge is -2.27. The molecule has 152 valence electrons. The SMILES string of the molecule is C[C@@H](N)CCc1ncc(F)cc1[C@H]1CCCN1c1ccc2[nH]cc(C(=O)O)c2n1. The number of H-pyrrole nitrogens is 1. The molecule has 1 aliphatic rings. The van der Waals surface area contributed by atoms with Crippen molar-refractivity contribution in [2.45, 2.75) is 44.7 Å². The summed E-state index contributed by atoms with van der Waals surface area (Å²) in [6.07, 6.45) is 5.96. The topological polar surface area (TPSA) is 108 Å². The van der Waals surface area contributed by atoms with Gasteiger partial charge >= 0.3 is 5.97 Å². The molecule has 3 aromatic heterocycles. The van der Waals surface area contributed by atoms with E-state index in [1.54, 1.807) is 6.07 Å². The number of aromatic nitrogens is 3. The van der Waals surface area contributed by atoms with Crippen LogP contribution >= 0.6 is 0 Å². The largest absolute Gasteiger partial charge is 0.478 e. The van der Waals surface area contributed by atoms with Gasteiger partial charge in [0.2, 0.25) is 0 Å². The lowest BCUT2D eigenvalue weighted by molar-refractivity contribution is 0.0699. The fraction of sp³-hybridized carbons (Fsp3) is 0.381. The van der Waals surface area contributed by atoms with Gasteiger partial charge in [-0.1, -0.05) is 0 Å². The van der Waals surface area contributed by atoms with E-state index >= 15 is 0 Å². The monoisotopic (exact) mass is 397 g/mol. The van der Waals surface area contributed by atoms with Crippen LogP contribution in [-0.2, 0) is 6.42 Å². The van der Waals surface area contributed by atoms with E-state index in [1.807, 2.05) is 19.1 Å². The fourth-order valence-electron chi connectivity index (χ4n) is 4.02. The first-order valence-electron chi connectivity index (χ1n) is 9.82. The van der Waals surface area contributed by atoms with Crippen LogP contribution in [0.15, 0.2) is 30.6 Å². The Balaban J connectivity index is 1.71. The van der Waals surface area contributed by atoms with Crippen molar-refractivity contribution in [1.82, 2.24) is 15.0 Å². The number of aromatic carboxylic acids is 1. The second-order valence-corrected chi connectivity index (χ2v) is 7.63. The molecule has 7 nitrogen and oxygen atoms in total. The van der Waals surface area contributed by atoms with E-state index in [0.29, 0.717) is 23.3 Å². The Morgan fingerprint density at radius 2 is 2.31 bits per heavy atom. The maximum atomic E-state index is 14.0. The highest BCUT2D eigenvalue weighted by Crippen LogP contribution is 2.37. The minimum absolute atomic E-state index is 0.0430. The Labute approximate surface area is 167 Å². The van der Waals surface area contributed by atoms with Crippen molar-refractivity contribution in [3.05, 3.63) is 53.2 Å². The number of anilines is 1. The van der Waals surface area contributed by atoms with Crippen molar-refractivity contribution >= 4 is 22.8 Å². The normalized spacial score (nSPS) is 17.8. The van der Waals surface area contributed by atoms with Crippen LogP contribution in [0.2, 0.25) is 0 Å². The molecule has 8 heteroatoms. The molecule has 0 saturated carbocycles. The van der Waals surface area contributed by atoms with Gasteiger partial charge < -0.3 is 20.7 Å². The van der Waals surface area contributed by atoms with Gasteiger partial charge in [0, 0.05) is 24.5 Å². The molecule has 4 N–H and O–H groups in total. The van der Waals surface area contributed by atoms with Crippen molar-refractivity contribution in [3.8, 4) is 0 Å². The highest BCUT2D eigenvalue weighted by molar-refractivity contribution is 6.01. The number of nitrogens with one attached hydrogen (secondary N) is 1. The molecule has 3 aromatic rings. The second kappa shape index (κ2) is 7.79. The molecule has 0 bridgehead atoms. The van der Waals surface area contributed by atoms with Crippen LogP contribution in [0.4, 0.5) is 10.2 Å². The Morgan fingerprint density at radius 1 is 1.48 bits per heavy atom. The molecule has 29 heavy (non-hydrogen) atoms. The summed E-state index contributed by atoms with van der Waals surface area (Å²) >= 11 is 0. The highest BCUT2D eigenvalue weighted by Gasteiger charge is 2.30. The number of aryl methyl sites for hydroxylation is 1. The standard InChI is InChI=1S/C21H24FN5O2/c1-12(23)4-5-16-14(9-13(22)10-24-16)18-3-2-8-27(18)19-7-6-17-20(26-19)15(11-25-17)21(28)29/h6-7,9-12,18,25H,2-5,8,23H2,1H3,(H,28,29)/t12-,18-/m1/s1. The van der Waals surface area contributed by atoms with E-state index in [4.69, 9.17) is 5.73 Å². The van der Waals surface area contributed by atoms with Gasteiger partial charge in [-0.2, -0.15) is 0 Å². The van der Waals surface area contributed by atoms with E-state index in [9.17, 15) is 14.3 Å². The minimum atomic E-state index is -1.02. The maximum absolute atomic E-state index is 14.0. The Bertz CT molecular complexity index is 1050. The maximum Gasteiger partial charge on any atom is 0.339 e. The van der Waals surface area contributed by atoms with Crippen molar-refractivity contribution < 1.29 is 14.3 Å². The Morgan fingerprint density at radius 3 is 3.07 bits per heavy atom. The summed E-state index contributed by atoms with van der Waals surface area (Å²) < 4.78 is 14.0. The van der Waals surface area contributed by atoms with Crippen molar-refractivity contribution in [3.63, 3.8) is 0 Å². The third kappa shape index (κ3) is 3.80. The van der Waals surface area contributed by atoms with E-state index in [2.05, 4.69) is 19.9 Å². The zero-order chi connectivity index (χ0) is 20.5. The first kappa shape index (κ1) is 19.3. The summed E-state index contributed by atoms with van der Waals surface area (Å²) in [7, 11) is 0. The summed E-state index contributed by atoms with van der Waals surface area (Å²) in [4.78, 5) is 25.5. The number of rotatable bonds is 6. The van der Waals surface area contributed by atoms with Crippen molar-refractivity contribution in [1.29, 1.82) is 0 Å². The van der Waals surface area contributed by atoms with Gasteiger partial charge in [-0.15, -0.1) is 0 Å². The van der Waals surface area contributed by atoms with Gasteiger partial charge in [-0.3, -0.25) is 4.98 Å². The summed E-state index contributed by atoms with van der Waals surface area (Å²) in [5.74, 6) is -0.700. The van der Waals surface area contributed by atoms with Crippen molar-refractivity contribution in [2.75, 3.05) is 11.4 Å². The van der Waals surface area contributed by atoms with Crippen LogP contribution in [0.25, 0.3) is 11.0 Å². The zero-order valence-electron chi connectivity index (χ0n) is 16.2. The molecule has 1 aliphatic heterocycles. The van der Waals surface area contributed by atoms with Crippen LogP contribution in [0.3, 0.4) is 0 Å². The van der Waals surface area contributed by atoms with Crippen LogP contribution in [-0.4, -0.2) is 38.6 Å². The predicted molar refractivity (Wildman–Crippen MR) is 109 cm³/mol. The lowest BCUT2D eigenvalue weighted by atomic mass is 9.98. The molecule has 0 radical (unpaired) electrons. The summed E-state index contributed by atoms with van der Waals surface area (Å²) in [6.45, 7) is 2.71. The fourth-order valence-corrected chi connectivity index (χ4v) is 4.02. The summed E-state index contributed by atoms with van der Waals surface area (Å²) in [5, 5.41) is 9.39. The number of pyridine rings is 2. The lowest BCUT2D eigenvalue weighted by Crippen LogP contribution is -2.25. The van der Waals surface area contributed by atoms with Crippen LogP contribution in [0, 0.1) is 5.82 Å². The Hall–Kier alpha value is -3.00. The molecule has 0 aromatic carbocycles. The van der Waals surface area contributed by atoms with Crippen LogP contribution < -0.4 is 10.6 Å². The quantitative estimate of drug-likeness (QED) is 0.588.